The molecule has 0 saturated heterocycles. The molecule has 4 aliphatic rings. The number of pyridine rings is 2. The van der Waals surface area contributed by atoms with Crippen LogP contribution in [0.25, 0.3) is 22.3 Å². The number of carbonyl (C=O) groups excluding carboxylic acids is 2. The Morgan fingerprint density at radius 1 is 1.23 bits per heavy atom. The molecular formula is C34H38FN3O6. The molecule has 1 aromatic carbocycles. The molecule has 9 nitrogen and oxygen atoms in total. The molecule has 0 radical (unpaired) electrons. The Bertz CT molecular complexity index is 1840. The molecule has 0 unspecified atom stereocenters. The predicted molar refractivity (Wildman–Crippen MR) is 160 cm³/mol. The average Bonchev–Trinajstić information content (AvgIpc) is 3.67. The molecule has 2 aliphatic carbocycles. The maximum atomic E-state index is 15.2. The third kappa shape index (κ3) is 4.24. The number of ether oxygens (including phenoxy) is 2. The number of esters is 1. The normalized spacial score (nSPS) is 22.7. The number of amides is 1. The van der Waals surface area contributed by atoms with Crippen LogP contribution in [0.15, 0.2) is 16.9 Å². The van der Waals surface area contributed by atoms with Gasteiger partial charge in [-0.05, 0) is 73.6 Å². The van der Waals surface area contributed by atoms with Gasteiger partial charge in [0, 0.05) is 29.2 Å². The Labute approximate surface area is 254 Å². The number of halogens is 1. The number of benzene rings is 1. The van der Waals surface area contributed by atoms with Crippen molar-refractivity contribution in [3.05, 3.63) is 61.7 Å². The van der Waals surface area contributed by atoms with E-state index in [0.29, 0.717) is 54.8 Å². The summed E-state index contributed by atoms with van der Waals surface area (Å²) in [5.74, 6) is -1.30. The molecule has 7 rings (SSSR count). The quantitative estimate of drug-likeness (QED) is 0.309. The van der Waals surface area contributed by atoms with Gasteiger partial charge in [0.2, 0.25) is 0 Å². The van der Waals surface area contributed by atoms with Crippen molar-refractivity contribution in [3.63, 3.8) is 0 Å². The van der Waals surface area contributed by atoms with E-state index >= 15 is 4.39 Å². The number of nitrogens with zero attached hydrogens (tertiary/aromatic N) is 2. The molecule has 4 heterocycles. The molecular weight excluding hydrogens is 565 g/mol. The van der Waals surface area contributed by atoms with Gasteiger partial charge < -0.3 is 24.5 Å². The molecule has 2 aromatic heterocycles. The molecule has 1 fully saturated rings. The Kier molecular flexibility index (Phi) is 6.40. The van der Waals surface area contributed by atoms with Crippen molar-refractivity contribution in [2.75, 3.05) is 6.61 Å². The number of nitrogens with one attached hydrogen (secondary N) is 1. The van der Waals surface area contributed by atoms with Crippen LogP contribution in [0.1, 0.15) is 99.2 Å². The van der Waals surface area contributed by atoms with Crippen LogP contribution in [0.5, 0.6) is 0 Å². The zero-order valence-corrected chi connectivity index (χ0v) is 25.9. The van der Waals surface area contributed by atoms with Gasteiger partial charge in [-0.25, -0.2) is 14.2 Å². The summed E-state index contributed by atoms with van der Waals surface area (Å²) in [4.78, 5) is 45.1. The summed E-state index contributed by atoms with van der Waals surface area (Å²) in [6.45, 7) is 10.3. The van der Waals surface area contributed by atoms with E-state index in [0.717, 1.165) is 28.5 Å². The van der Waals surface area contributed by atoms with Crippen molar-refractivity contribution in [3.8, 4) is 11.4 Å². The van der Waals surface area contributed by atoms with Crippen molar-refractivity contribution in [1.82, 2.24) is 14.9 Å². The highest BCUT2D eigenvalue weighted by atomic mass is 19.1. The maximum Gasteiger partial charge on any atom is 0.343 e. The van der Waals surface area contributed by atoms with Crippen molar-refractivity contribution >= 4 is 22.8 Å². The summed E-state index contributed by atoms with van der Waals surface area (Å²) >= 11 is 0. The van der Waals surface area contributed by atoms with E-state index in [-0.39, 0.29) is 59.4 Å². The second kappa shape index (κ2) is 9.68. The summed E-state index contributed by atoms with van der Waals surface area (Å²) < 4.78 is 28.1. The third-order valence-electron chi connectivity index (χ3n) is 10.0. The van der Waals surface area contributed by atoms with E-state index in [1.165, 1.54) is 6.07 Å². The third-order valence-corrected chi connectivity index (χ3v) is 10.0. The van der Waals surface area contributed by atoms with Crippen molar-refractivity contribution in [2.45, 2.75) is 104 Å². The van der Waals surface area contributed by atoms with E-state index in [2.05, 4.69) is 26.1 Å². The number of aromatic nitrogens is 2. The molecule has 2 atom stereocenters. The van der Waals surface area contributed by atoms with Crippen molar-refractivity contribution in [2.24, 2.45) is 5.41 Å². The lowest BCUT2D eigenvalue weighted by Crippen LogP contribution is -2.44. The fourth-order valence-electron chi connectivity index (χ4n) is 7.09. The second-order valence-electron chi connectivity index (χ2n) is 14.0. The minimum absolute atomic E-state index is 0.0342. The van der Waals surface area contributed by atoms with Crippen LogP contribution in [0.4, 0.5) is 4.39 Å². The summed E-state index contributed by atoms with van der Waals surface area (Å²) in [5.41, 5.74) is 1.82. The van der Waals surface area contributed by atoms with Crippen molar-refractivity contribution in [1.29, 1.82) is 0 Å². The van der Waals surface area contributed by atoms with Gasteiger partial charge in [-0.2, -0.15) is 0 Å². The SMILES string of the molecule is CC[C@@]1(O)C(=O)OCc2c1cc1n(c2=O)Cc2c-1nc1cc(F)c(C)c3c1c2[C@@H](NC(=O)C1(OCCC(C)(C)C)CC1)CC3. The van der Waals surface area contributed by atoms with E-state index in [1.54, 1.807) is 24.5 Å². The number of cyclic esters (lactones) is 1. The van der Waals surface area contributed by atoms with E-state index < -0.39 is 17.2 Å². The average molecular weight is 604 g/mol. The van der Waals surface area contributed by atoms with Crippen LogP contribution in [-0.4, -0.2) is 38.7 Å². The monoisotopic (exact) mass is 603 g/mol. The van der Waals surface area contributed by atoms with Gasteiger partial charge in [0.05, 0.1) is 35.1 Å². The number of hydrogen-bond donors (Lipinski definition) is 2. The highest BCUT2D eigenvalue weighted by molar-refractivity contribution is 5.95. The van der Waals surface area contributed by atoms with Gasteiger partial charge in [-0.3, -0.25) is 9.59 Å². The van der Waals surface area contributed by atoms with E-state index in [4.69, 9.17) is 14.5 Å². The Morgan fingerprint density at radius 2 is 1.98 bits per heavy atom. The standard InChI is InChI=1S/C34H38FN3O6/c1-6-34(42)21-13-25-28-19(15-38(25)29(39)20(21)16-43-31(34)41)27-23(8-7-18-17(2)22(35)14-24(36-28)26(18)27)37-30(40)33(9-10-33)44-12-11-32(3,4)5/h13-14,23,42H,6-12,15-16H2,1-5H3,(H,37,40)/t23-,34-/m0/s1. The highest BCUT2D eigenvalue weighted by Crippen LogP contribution is 2.47. The first-order chi connectivity index (χ1) is 20.8. The summed E-state index contributed by atoms with van der Waals surface area (Å²) in [6.07, 6.45) is 3.32. The largest absolute Gasteiger partial charge is 0.458 e. The molecule has 1 saturated carbocycles. The van der Waals surface area contributed by atoms with Gasteiger partial charge in [-0.1, -0.05) is 27.7 Å². The van der Waals surface area contributed by atoms with Crippen LogP contribution < -0.4 is 10.9 Å². The zero-order valence-electron chi connectivity index (χ0n) is 25.9. The van der Waals surface area contributed by atoms with Crippen LogP contribution in [-0.2, 0) is 44.2 Å². The fraction of sp³-hybridized carbons (Fsp3) is 0.529. The number of carbonyl (C=O) groups is 2. The fourth-order valence-corrected chi connectivity index (χ4v) is 7.09. The Hall–Kier alpha value is -3.63. The second-order valence-corrected chi connectivity index (χ2v) is 14.0. The van der Waals surface area contributed by atoms with E-state index in [1.807, 2.05) is 0 Å². The lowest BCUT2D eigenvalue weighted by Gasteiger charge is -2.31. The maximum absolute atomic E-state index is 15.2. The summed E-state index contributed by atoms with van der Waals surface area (Å²) in [7, 11) is 0. The van der Waals surface area contributed by atoms with Gasteiger partial charge >= 0.3 is 5.97 Å². The predicted octanol–water partition coefficient (Wildman–Crippen LogP) is 4.62. The molecule has 232 valence electrons. The number of fused-ring (bicyclic) bond motifs is 5. The Morgan fingerprint density at radius 3 is 2.66 bits per heavy atom. The highest BCUT2D eigenvalue weighted by Gasteiger charge is 2.52. The van der Waals surface area contributed by atoms with Crippen molar-refractivity contribution < 1.29 is 28.6 Å². The first kappa shape index (κ1) is 29.1. The lowest BCUT2D eigenvalue weighted by atomic mass is 9.81. The first-order valence-electron chi connectivity index (χ1n) is 15.5. The molecule has 0 spiro atoms. The van der Waals surface area contributed by atoms with Crippen LogP contribution >= 0.6 is 0 Å². The summed E-state index contributed by atoms with van der Waals surface area (Å²) in [6, 6.07) is 2.68. The minimum atomic E-state index is -1.95. The van der Waals surface area contributed by atoms with Gasteiger partial charge in [0.15, 0.2) is 5.60 Å². The van der Waals surface area contributed by atoms with Crippen LogP contribution in [0.3, 0.4) is 0 Å². The van der Waals surface area contributed by atoms with E-state index in [9.17, 15) is 19.5 Å². The van der Waals surface area contributed by atoms with Crippen LogP contribution in [0.2, 0.25) is 0 Å². The zero-order chi connectivity index (χ0) is 31.3. The molecule has 10 heteroatoms. The minimum Gasteiger partial charge on any atom is -0.458 e. The van der Waals surface area contributed by atoms with Gasteiger partial charge in [0.25, 0.3) is 11.5 Å². The molecule has 0 bridgehead atoms. The molecule has 44 heavy (non-hydrogen) atoms. The Balaban J connectivity index is 1.35. The van der Waals surface area contributed by atoms with Gasteiger partial charge in [0.1, 0.15) is 18.0 Å². The molecule has 2 aliphatic heterocycles. The number of aliphatic hydroxyl groups is 1. The first-order valence-corrected chi connectivity index (χ1v) is 15.5. The van der Waals surface area contributed by atoms with Gasteiger partial charge in [-0.15, -0.1) is 0 Å². The number of hydrogen-bond acceptors (Lipinski definition) is 7. The molecule has 3 aromatic rings. The lowest BCUT2D eigenvalue weighted by molar-refractivity contribution is -0.172. The molecule has 1 amide bonds. The number of aryl methyl sites for hydroxylation is 1. The topological polar surface area (TPSA) is 120 Å². The summed E-state index contributed by atoms with van der Waals surface area (Å²) in [5, 5.41) is 15.4. The number of rotatable bonds is 6. The molecule has 2 N–H and O–H groups in total. The smallest absolute Gasteiger partial charge is 0.343 e. The van der Waals surface area contributed by atoms with Crippen LogP contribution in [0, 0.1) is 18.2 Å².